The van der Waals surface area contributed by atoms with Gasteiger partial charge in [0, 0.05) is 18.4 Å². The Labute approximate surface area is 230 Å². The third-order valence-electron chi connectivity index (χ3n) is 7.00. The van der Waals surface area contributed by atoms with E-state index >= 15 is 0 Å². The van der Waals surface area contributed by atoms with Gasteiger partial charge in [0.1, 0.15) is 5.75 Å². The second-order valence-electron chi connectivity index (χ2n) is 9.68. The van der Waals surface area contributed by atoms with E-state index in [-0.39, 0.29) is 36.2 Å². The van der Waals surface area contributed by atoms with Gasteiger partial charge in [0.15, 0.2) is 11.6 Å². The molecule has 4 unspecified atom stereocenters. The Kier molecular flexibility index (Phi) is 7.98. The van der Waals surface area contributed by atoms with Crippen LogP contribution in [0.3, 0.4) is 0 Å². The normalized spacial score (nSPS) is 22.0. The first-order valence-electron chi connectivity index (χ1n) is 12.8. The zero-order chi connectivity index (χ0) is 27.6. The van der Waals surface area contributed by atoms with Crippen molar-refractivity contribution in [2.45, 2.75) is 56.1 Å². The molecule has 5 rings (SSSR count). The molecule has 3 aromatic heterocycles. The highest BCUT2D eigenvalue weighted by Crippen LogP contribution is 2.31. The van der Waals surface area contributed by atoms with Crippen LogP contribution in [0.5, 0.6) is 0 Å². The van der Waals surface area contributed by atoms with E-state index in [9.17, 15) is 22.8 Å². The largest absolute Gasteiger partial charge is 0.341 e. The maximum Gasteiger partial charge on any atom is 0.261 e. The van der Waals surface area contributed by atoms with Crippen molar-refractivity contribution >= 4 is 38.8 Å². The van der Waals surface area contributed by atoms with E-state index in [4.69, 9.17) is 0 Å². The first kappa shape index (κ1) is 27.3. The Bertz CT molecular complexity index is 1460. The third kappa shape index (κ3) is 5.83. The van der Waals surface area contributed by atoms with Crippen LogP contribution in [0.2, 0.25) is 0 Å². The van der Waals surface area contributed by atoms with E-state index in [2.05, 4.69) is 20.6 Å². The number of fused-ring (bicyclic) bond motifs is 1. The average molecular weight is 568 g/mol. The maximum absolute atomic E-state index is 13.5. The summed E-state index contributed by atoms with van der Waals surface area (Å²) in [5, 5.41) is 5.93. The number of pyridine rings is 2. The number of nitrogens with zero attached hydrogens (tertiary/aromatic N) is 3. The van der Waals surface area contributed by atoms with Gasteiger partial charge < -0.3 is 5.32 Å². The van der Waals surface area contributed by atoms with E-state index < -0.39 is 34.2 Å². The number of rotatable bonds is 10. The molecule has 0 radical (unpaired) electrons. The van der Waals surface area contributed by atoms with Crippen molar-refractivity contribution in [2.75, 3.05) is 6.54 Å². The second kappa shape index (κ2) is 11.4. The Morgan fingerprint density at radius 2 is 1.90 bits per heavy atom. The van der Waals surface area contributed by atoms with Gasteiger partial charge in [-0.2, -0.15) is 4.31 Å². The first-order chi connectivity index (χ1) is 18.8. The molecule has 1 amide bonds. The minimum absolute atomic E-state index is 0.162. The third-order valence-corrected chi connectivity index (χ3v) is 9.88. The Morgan fingerprint density at radius 3 is 2.59 bits per heavy atom. The lowest BCUT2D eigenvalue weighted by Gasteiger charge is -2.23. The van der Waals surface area contributed by atoms with Crippen LogP contribution >= 0.6 is 11.3 Å². The lowest BCUT2D eigenvalue weighted by atomic mass is 9.98. The van der Waals surface area contributed by atoms with Crippen molar-refractivity contribution in [3.8, 4) is 10.6 Å². The quantitative estimate of drug-likeness (QED) is 0.380. The van der Waals surface area contributed by atoms with Crippen LogP contribution in [-0.2, 0) is 25.4 Å². The molecule has 0 bridgehead atoms. The van der Waals surface area contributed by atoms with E-state index in [1.54, 1.807) is 30.5 Å². The molecular weight excluding hydrogens is 538 g/mol. The van der Waals surface area contributed by atoms with Gasteiger partial charge in [-0.15, -0.1) is 11.3 Å². The summed E-state index contributed by atoms with van der Waals surface area (Å²) in [5.74, 6) is -1.20. The molecule has 4 atom stereocenters. The fourth-order valence-corrected chi connectivity index (χ4v) is 7.68. The summed E-state index contributed by atoms with van der Waals surface area (Å²) in [6.45, 7) is 1.69. The first-order valence-corrected chi connectivity index (χ1v) is 15.2. The molecule has 3 aromatic rings. The SMILES string of the molecule is CCCC(NC(=O)c1ccc(-c2ccccn2)s1)C(=O)C1CC2C(N1)C(=O)CN2S(=O)(=O)Cc1ccccn1. The van der Waals surface area contributed by atoms with Crippen LogP contribution in [0, 0.1) is 0 Å². The molecule has 10 nitrogen and oxygen atoms in total. The van der Waals surface area contributed by atoms with Crippen LogP contribution in [0.4, 0.5) is 0 Å². The summed E-state index contributed by atoms with van der Waals surface area (Å²) in [6, 6.07) is 11.2. The van der Waals surface area contributed by atoms with Gasteiger partial charge in [-0.25, -0.2) is 8.42 Å². The minimum Gasteiger partial charge on any atom is -0.341 e. The lowest BCUT2D eigenvalue weighted by Crippen LogP contribution is -2.49. The van der Waals surface area contributed by atoms with E-state index in [1.807, 2.05) is 31.2 Å². The van der Waals surface area contributed by atoms with Crippen molar-refractivity contribution < 1.29 is 22.8 Å². The highest BCUT2D eigenvalue weighted by Gasteiger charge is 2.53. The zero-order valence-corrected chi connectivity index (χ0v) is 23.0. The Morgan fingerprint density at radius 1 is 1.13 bits per heavy atom. The number of Topliss-reactive ketones (excluding diaryl/α,β-unsaturated/α-hetero) is 2. The molecule has 2 saturated heterocycles. The summed E-state index contributed by atoms with van der Waals surface area (Å²) < 4.78 is 27.5. The molecule has 0 spiro atoms. The fraction of sp³-hybridized carbons (Fsp3) is 0.370. The van der Waals surface area contributed by atoms with Crippen molar-refractivity contribution in [3.05, 3.63) is 71.5 Å². The predicted octanol–water partition coefficient (Wildman–Crippen LogP) is 2.19. The van der Waals surface area contributed by atoms with Gasteiger partial charge in [-0.3, -0.25) is 29.7 Å². The van der Waals surface area contributed by atoms with Crippen LogP contribution in [0.25, 0.3) is 10.6 Å². The van der Waals surface area contributed by atoms with Crippen molar-refractivity contribution in [2.24, 2.45) is 0 Å². The summed E-state index contributed by atoms with van der Waals surface area (Å²) >= 11 is 1.29. The number of carbonyl (C=O) groups excluding carboxylic acids is 3. The van der Waals surface area contributed by atoms with Crippen LogP contribution in [-0.4, -0.2) is 70.9 Å². The van der Waals surface area contributed by atoms with Gasteiger partial charge in [0.05, 0.1) is 45.8 Å². The number of aromatic nitrogens is 2. The number of hydrogen-bond donors (Lipinski definition) is 2. The standard InChI is InChI=1S/C27H29N5O5S2/c1-2-7-19(31-27(35)24-11-10-23(38-24)18-9-4-6-13-29-18)26(34)20-14-21-25(30-20)22(33)15-32(21)39(36,37)16-17-8-3-5-12-28-17/h3-6,8-13,19-21,25,30H,2,7,14-16H2,1H3,(H,31,35). The molecule has 0 aliphatic carbocycles. The van der Waals surface area contributed by atoms with Crippen molar-refractivity contribution in [1.29, 1.82) is 0 Å². The number of ketones is 2. The van der Waals surface area contributed by atoms with Crippen molar-refractivity contribution in [1.82, 2.24) is 24.9 Å². The minimum atomic E-state index is -3.83. The number of carbonyl (C=O) groups is 3. The van der Waals surface area contributed by atoms with Gasteiger partial charge in [-0.05, 0) is 49.2 Å². The fourth-order valence-electron chi connectivity index (χ4n) is 5.14. The van der Waals surface area contributed by atoms with Gasteiger partial charge in [-0.1, -0.05) is 25.5 Å². The van der Waals surface area contributed by atoms with Crippen molar-refractivity contribution in [3.63, 3.8) is 0 Å². The highest BCUT2D eigenvalue weighted by atomic mass is 32.2. The van der Waals surface area contributed by atoms with Gasteiger partial charge >= 0.3 is 0 Å². The van der Waals surface area contributed by atoms with E-state index in [1.165, 1.54) is 21.8 Å². The molecule has 5 heterocycles. The maximum atomic E-state index is 13.5. The molecule has 2 N–H and O–H groups in total. The number of thiophene rings is 1. The molecule has 0 saturated carbocycles. The van der Waals surface area contributed by atoms with E-state index in [0.717, 1.165) is 10.6 Å². The molecule has 2 aliphatic heterocycles. The lowest BCUT2D eigenvalue weighted by molar-refractivity contribution is -0.123. The highest BCUT2D eigenvalue weighted by molar-refractivity contribution is 7.88. The van der Waals surface area contributed by atoms with Crippen LogP contribution < -0.4 is 10.6 Å². The molecule has 39 heavy (non-hydrogen) atoms. The molecule has 0 aromatic carbocycles. The predicted molar refractivity (Wildman–Crippen MR) is 146 cm³/mol. The number of amides is 1. The molecule has 204 valence electrons. The summed E-state index contributed by atoms with van der Waals surface area (Å²) in [7, 11) is -3.83. The molecule has 2 fully saturated rings. The number of hydrogen-bond acceptors (Lipinski definition) is 9. The zero-order valence-electron chi connectivity index (χ0n) is 21.3. The monoisotopic (exact) mass is 567 g/mol. The van der Waals surface area contributed by atoms with Crippen LogP contribution in [0.15, 0.2) is 60.9 Å². The van der Waals surface area contributed by atoms with Gasteiger partial charge in [0.25, 0.3) is 5.91 Å². The molecule has 12 heteroatoms. The second-order valence-corrected chi connectivity index (χ2v) is 12.7. The molecular formula is C27H29N5O5S2. The number of sulfonamides is 1. The summed E-state index contributed by atoms with van der Waals surface area (Å²) in [6.07, 6.45) is 4.45. The summed E-state index contributed by atoms with van der Waals surface area (Å²) in [4.78, 5) is 49.1. The average Bonchev–Trinajstić information content (AvgIpc) is 3.66. The number of nitrogens with one attached hydrogen (secondary N) is 2. The smallest absolute Gasteiger partial charge is 0.261 e. The summed E-state index contributed by atoms with van der Waals surface area (Å²) in [5.41, 5.74) is 1.15. The topological polar surface area (TPSA) is 138 Å². The Balaban J connectivity index is 1.27. The van der Waals surface area contributed by atoms with Crippen LogP contribution in [0.1, 0.15) is 41.6 Å². The molecule has 2 aliphatic rings. The van der Waals surface area contributed by atoms with Gasteiger partial charge in [0.2, 0.25) is 10.0 Å². The Hall–Kier alpha value is -3.32. The van der Waals surface area contributed by atoms with E-state index in [0.29, 0.717) is 23.4 Å².